The Kier molecular flexibility index (Phi) is 3.08. The van der Waals surface area contributed by atoms with E-state index in [1.807, 2.05) is 12.1 Å². The Balaban J connectivity index is 2.18. The number of hydrogen-bond donors (Lipinski definition) is 1. The molecule has 7 nitrogen and oxygen atoms in total. The van der Waals surface area contributed by atoms with E-state index in [1.54, 1.807) is 34.1 Å². The number of fused-ring (bicyclic) bond motifs is 4. The Morgan fingerprint density at radius 3 is 3.04 bits per heavy atom. The smallest absolute Gasteiger partial charge is 0.278 e. The van der Waals surface area contributed by atoms with Crippen molar-refractivity contribution in [2.24, 2.45) is 5.73 Å². The fourth-order valence-corrected chi connectivity index (χ4v) is 3.94. The molecule has 1 aromatic carbocycles. The van der Waals surface area contributed by atoms with Crippen molar-refractivity contribution in [1.82, 2.24) is 14.1 Å². The normalized spacial score (nSPS) is 13.6. The van der Waals surface area contributed by atoms with Gasteiger partial charge in [0.2, 0.25) is 5.91 Å². The van der Waals surface area contributed by atoms with Gasteiger partial charge in [-0.3, -0.25) is 14.2 Å². The van der Waals surface area contributed by atoms with Gasteiger partial charge in [-0.25, -0.2) is 4.98 Å². The van der Waals surface area contributed by atoms with E-state index in [2.05, 4.69) is 4.98 Å². The van der Waals surface area contributed by atoms with Gasteiger partial charge in [0.15, 0.2) is 5.16 Å². The molecule has 0 atom stereocenters. The number of ether oxygens (including phenoxy) is 1. The number of carbonyl (C=O) groups is 1. The van der Waals surface area contributed by atoms with Gasteiger partial charge < -0.3 is 15.0 Å². The molecule has 0 saturated carbocycles. The number of hydrogen-bond acceptors (Lipinski definition) is 5. The van der Waals surface area contributed by atoms with E-state index in [0.29, 0.717) is 28.5 Å². The van der Waals surface area contributed by atoms with Crippen LogP contribution < -0.4 is 16.0 Å². The van der Waals surface area contributed by atoms with Gasteiger partial charge in [0, 0.05) is 17.7 Å². The minimum atomic E-state index is -0.501. The van der Waals surface area contributed by atoms with Crippen LogP contribution in [0.5, 0.6) is 5.75 Å². The van der Waals surface area contributed by atoms with Gasteiger partial charge in [0.25, 0.3) is 5.56 Å². The van der Waals surface area contributed by atoms with Crippen molar-refractivity contribution in [3.63, 3.8) is 0 Å². The number of carbonyl (C=O) groups excluding carboxylic acids is 1. The third-order valence-electron chi connectivity index (χ3n) is 3.99. The van der Waals surface area contributed by atoms with E-state index < -0.39 is 5.91 Å². The van der Waals surface area contributed by atoms with E-state index in [0.717, 1.165) is 16.7 Å². The second kappa shape index (κ2) is 5.02. The molecule has 3 heterocycles. The van der Waals surface area contributed by atoms with Crippen LogP contribution in [-0.2, 0) is 17.9 Å². The molecule has 0 fully saturated rings. The number of nitrogens with zero attached hydrogens (tertiary/aromatic N) is 3. The van der Waals surface area contributed by atoms with Crippen LogP contribution >= 0.6 is 11.8 Å². The highest BCUT2D eigenvalue weighted by atomic mass is 32.2. The van der Waals surface area contributed by atoms with Crippen LogP contribution in [-0.4, -0.2) is 32.9 Å². The standard InChI is InChI=1S/C15H14N4O3S/c1-22-8-2-3-10-9(6-8)12-13(19(10)7-11(16)20)14(21)18-4-5-23-15(18)17-12/h2-3,6H,4-5,7H2,1H3,(H2,16,20). The van der Waals surface area contributed by atoms with Crippen molar-refractivity contribution < 1.29 is 9.53 Å². The SMILES string of the molecule is COc1ccc2c(c1)c1nc3n(c(=O)c1n2CC(N)=O)CCS3. The van der Waals surface area contributed by atoms with Crippen molar-refractivity contribution in [2.75, 3.05) is 12.9 Å². The molecule has 2 N–H and O–H groups in total. The van der Waals surface area contributed by atoms with Crippen LogP contribution in [0.2, 0.25) is 0 Å². The Morgan fingerprint density at radius 2 is 2.30 bits per heavy atom. The topological polar surface area (TPSA) is 92.1 Å². The number of primary amides is 1. The summed E-state index contributed by atoms with van der Waals surface area (Å²) in [6.45, 7) is 0.568. The second-order valence-electron chi connectivity index (χ2n) is 5.33. The highest BCUT2D eigenvalue weighted by molar-refractivity contribution is 7.99. The van der Waals surface area contributed by atoms with Gasteiger partial charge in [-0.2, -0.15) is 0 Å². The van der Waals surface area contributed by atoms with E-state index in [-0.39, 0.29) is 12.1 Å². The lowest BCUT2D eigenvalue weighted by Crippen LogP contribution is -2.25. The number of aromatic nitrogens is 3. The molecule has 1 amide bonds. The van der Waals surface area contributed by atoms with E-state index in [4.69, 9.17) is 10.5 Å². The molecule has 118 valence electrons. The third-order valence-corrected chi connectivity index (χ3v) is 4.95. The number of amides is 1. The second-order valence-corrected chi connectivity index (χ2v) is 6.39. The Morgan fingerprint density at radius 1 is 1.48 bits per heavy atom. The number of methoxy groups -OCH3 is 1. The van der Waals surface area contributed by atoms with Crippen LogP contribution in [0.1, 0.15) is 0 Å². The van der Waals surface area contributed by atoms with Crippen molar-refractivity contribution in [3.8, 4) is 5.75 Å². The average Bonchev–Trinajstić information content (AvgIpc) is 3.11. The molecule has 0 unspecified atom stereocenters. The zero-order valence-electron chi connectivity index (χ0n) is 12.4. The maximum absolute atomic E-state index is 12.9. The first-order chi connectivity index (χ1) is 11.1. The molecule has 8 heteroatoms. The molecular weight excluding hydrogens is 316 g/mol. The summed E-state index contributed by atoms with van der Waals surface area (Å²) in [5.74, 6) is 0.996. The van der Waals surface area contributed by atoms with E-state index in [1.165, 1.54) is 0 Å². The quantitative estimate of drug-likeness (QED) is 0.722. The van der Waals surface area contributed by atoms with E-state index >= 15 is 0 Å². The highest BCUT2D eigenvalue weighted by Gasteiger charge is 2.23. The lowest BCUT2D eigenvalue weighted by molar-refractivity contribution is -0.118. The van der Waals surface area contributed by atoms with Crippen molar-refractivity contribution in [2.45, 2.75) is 18.2 Å². The molecule has 0 radical (unpaired) electrons. The number of nitrogens with two attached hydrogens (primary N) is 1. The first-order valence-electron chi connectivity index (χ1n) is 7.12. The number of benzene rings is 1. The largest absolute Gasteiger partial charge is 0.497 e. The highest BCUT2D eigenvalue weighted by Crippen LogP contribution is 2.32. The summed E-state index contributed by atoms with van der Waals surface area (Å²) in [6, 6.07) is 5.44. The van der Waals surface area contributed by atoms with Gasteiger partial charge in [-0.15, -0.1) is 0 Å². The summed E-state index contributed by atoms with van der Waals surface area (Å²) in [7, 11) is 1.58. The fourth-order valence-electron chi connectivity index (χ4n) is 3.00. The molecule has 1 aliphatic heterocycles. The molecule has 1 aliphatic rings. The summed E-state index contributed by atoms with van der Waals surface area (Å²) in [5, 5.41) is 1.50. The maximum Gasteiger partial charge on any atom is 0.278 e. The molecule has 0 saturated heterocycles. The van der Waals surface area contributed by atoms with Crippen LogP contribution in [0.15, 0.2) is 28.2 Å². The molecule has 0 spiro atoms. The maximum atomic E-state index is 12.9. The molecule has 2 aromatic heterocycles. The summed E-state index contributed by atoms with van der Waals surface area (Å²) in [6.07, 6.45) is 0. The predicted octanol–water partition coefficient (Wildman–Crippen LogP) is 0.951. The fraction of sp³-hybridized carbons (Fsp3) is 0.267. The monoisotopic (exact) mass is 330 g/mol. The zero-order chi connectivity index (χ0) is 16.1. The van der Waals surface area contributed by atoms with Gasteiger partial charge in [-0.05, 0) is 18.2 Å². The summed E-state index contributed by atoms with van der Waals surface area (Å²) in [4.78, 5) is 29.0. The first kappa shape index (κ1) is 14.1. The van der Waals surface area contributed by atoms with Gasteiger partial charge in [-0.1, -0.05) is 11.8 Å². The van der Waals surface area contributed by atoms with Crippen molar-refractivity contribution in [3.05, 3.63) is 28.6 Å². The summed E-state index contributed by atoms with van der Waals surface area (Å²) in [5.41, 5.74) is 6.99. The molecule has 0 bridgehead atoms. The van der Waals surface area contributed by atoms with Crippen LogP contribution in [0, 0.1) is 0 Å². The molecule has 3 aromatic rings. The Bertz CT molecular complexity index is 1020. The van der Waals surface area contributed by atoms with E-state index in [9.17, 15) is 9.59 Å². The summed E-state index contributed by atoms with van der Waals surface area (Å²) < 4.78 is 8.57. The minimum absolute atomic E-state index is 0.0598. The lowest BCUT2D eigenvalue weighted by atomic mass is 10.2. The predicted molar refractivity (Wildman–Crippen MR) is 88.0 cm³/mol. The first-order valence-corrected chi connectivity index (χ1v) is 8.10. The molecule has 23 heavy (non-hydrogen) atoms. The molecular formula is C15H14N4O3S. The van der Waals surface area contributed by atoms with Crippen LogP contribution in [0.4, 0.5) is 0 Å². The van der Waals surface area contributed by atoms with Crippen molar-refractivity contribution in [1.29, 1.82) is 0 Å². The van der Waals surface area contributed by atoms with Crippen molar-refractivity contribution >= 4 is 39.6 Å². The summed E-state index contributed by atoms with van der Waals surface area (Å²) >= 11 is 1.56. The van der Waals surface area contributed by atoms with Crippen LogP contribution in [0.25, 0.3) is 21.9 Å². The van der Waals surface area contributed by atoms with Gasteiger partial charge in [0.05, 0.1) is 12.6 Å². The number of thioether (sulfide) groups is 1. The van der Waals surface area contributed by atoms with Crippen LogP contribution in [0.3, 0.4) is 0 Å². The minimum Gasteiger partial charge on any atom is -0.497 e. The third kappa shape index (κ3) is 2.02. The lowest BCUT2D eigenvalue weighted by Gasteiger charge is -2.05. The Hall–Kier alpha value is -2.48. The molecule has 4 rings (SSSR count). The Labute approximate surface area is 135 Å². The number of rotatable bonds is 3. The zero-order valence-corrected chi connectivity index (χ0v) is 13.2. The van der Waals surface area contributed by atoms with Gasteiger partial charge in [0.1, 0.15) is 23.3 Å². The van der Waals surface area contributed by atoms with Gasteiger partial charge >= 0.3 is 0 Å². The molecule has 0 aliphatic carbocycles. The average molecular weight is 330 g/mol.